The maximum absolute atomic E-state index is 12.6. The summed E-state index contributed by atoms with van der Waals surface area (Å²) >= 11 is 3.71. The molecule has 0 radical (unpaired) electrons. The number of Topliss-reactive ketones (excluding diaryl/α,β-unsaturated/α-hetero) is 1. The first-order valence-corrected chi connectivity index (χ1v) is 8.58. The van der Waals surface area contributed by atoms with Crippen LogP contribution in [0.15, 0.2) is 24.3 Å². The summed E-state index contributed by atoms with van der Waals surface area (Å²) in [5.41, 5.74) is 1.76. The number of esters is 1. The summed E-state index contributed by atoms with van der Waals surface area (Å²) in [5, 5.41) is 0. The number of ether oxygens (including phenoxy) is 1. The van der Waals surface area contributed by atoms with Crippen LogP contribution in [0.3, 0.4) is 0 Å². The number of hydrogen-bond acceptors (Lipinski definition) is 5. The molecule has 0 N–H and O–H groups in total. The second-order valence-corrected chi connectivity index (χ2v) is 8.00. The van der Waals surface area contributed by atoms with E-state index in [4.69, 9.17) is 4.74 Å². The lowest BCUT2D eigenvalue weighted by molar-refractivity contribution is -0.145. The summed E-state index contributed by atoms with van der Waals surface area (Å²) < 4.78 is 4.68. The van der Waals surface area contributed by atoms with Gasteiger partial charge in [-0.25, -0.2) is 0 Å². The number of fused-ring (bicyclic) bond motifs is 2. The average Bonchev–Trinajstić information content (AvgIpc) is 2.96. The van der Waals surface area contributed by atoms with Crippen LogP contribution in [0, 0.1) is 11.8 Å². The van der Waals surface area contributed by atoms with Crippen LogP contribution in [0.25, 0.3) is 0 Å². The highest BCUT2D eigenvalue weighted by molar-refractivity contribution is 8.20. The molecular weight excluding hydrogens is 292 g/mol. The Labute approximate surface area is 126 Å². The second-order valence-electron chi connectivity index (χ2n) is 5.06. The molecule has 1 aliphatic carbocycles. The van der Waals surface area contributed by atoms with Crippen molar-refractivity contribution < 1.29 is 14.3 Å². The molecule has 1 aromatic rings. The molecule has 2 unspecified atom stereocenters. The summed E-state index contributed by atoms with van der Waals surface area (Å²) in [7, 11) is 1.35. The van der Waals surface area contributed by atoms with Gasteiger partial charge in [0.2, 0.25) is 0 Å². The molecule has 0 amide bonds. The summed E-state index contributed by atoms with van der Waals surface area (Å²) in [6.45, 7) is 2.00. The van der Waals surface area contributed by atoms with Crippen molar-refractivity contribution in [2.75, 3.05) is 18.6 Å². The number of ketones is 1. The molecule has 106 valence electrons. The lowest BCUT2D eigenvalue weighted by atomic mass is 9.75. The third-order valence-corrected chi connectivity index (χ3v) is 7.94. The van der Waals surface area contributed by atoms with Crippen LogP contribution < -0.4 is 0 Å². The maximum Gasteiger partial charge on any atom is 0.316 e. The van der Waals surface area contributed by atoms with Crippen LogP contribution >= 0.6 is 23.5 Å². The average molecular weight is 308 g/mol. The van der Waals surface area contributed by atoms with Gasteiger partial charge in [0.25, 0.3) is 0 Å². The quantitative estimate of drug-likeness (QED) is 0.589. The number of benzene rings is 1. The minimum absolute atomic E-state index is 0.0603. The van der Waals surface area contributed by atoms with E-state index in [-0.39, 0.29) is 15.8 Å². The molecule has 1 fully saturated rings. The molecule has 1 spiro atoms. The summed E-state index contributed by atoms with van der Waals surface area (Å²) in [4.78, 5) is 24.7. The lowest BCUT2D eigenvalue weighted by Gasteiger charge is -2.42. The molecule has 1 saturated heterocycles. The third-order valence-electron chi connectivity index (χ3n) is 4.12. The second kappa shape index (κ2) is 5.11. The number of carbonyl (C=O) groups is 2. The van der Waals surface area contributed by atoms with Gasteiger partial charge in [0.05, 0.1) is 11.2 Å². The molecule has 5 heteroatoms. The minimum Gasteiger partial charge on any atom is -0.468 e. The van der Waals surface area contributed by atoms with Gasteiger partial charge in [-0.1, -0.05) is 31.2 Å². The van der Waals surface area contributed by atoms with E-state index < -0.39 is 11.9 Å². The molecular formula is C15H16O3S2. The number of rotatable bonds is 1. The van der Waals surface area contributed by atoms with Crippen molar-refractivity contribution in [3.63, 3.8) is 0 Å². The molecule has 20 heavy (non-hydrogen) atoms. The smallest absolute Gasteiger partial charge is 0.316 e. The highest BCUT2D eigenvalue weighted by Gasteiger charge is 2.55. The molecule has 2 aliphatic rings. The van der Waals surface area contributed by atoms with Crippen molar-refractivity contribution in [3.05, 3.63) is 35.4 Å². The van der Waals surface area contributed by atoms with Crippen LogP contribution in [0.4, 0.5) is 0 Å². The van der Waals surface area contributed by atoms with E-state index in [1.54, 1.807) is 0 Å². The predicted molar refractivity (Wildman–Crippen MR) is 82.0 cm³/mol. The number of thioether (sulfide) groups is 2. The first-order chi connectivity index (χ1) is 9.62. The van der Waals surface area contributed by atoms with Crippen molar-refractivity contribution in [1.82, 2.24) is 0 Å². The van der Waals surface area contributed by atoms with Crippen molar-refractivity contribution in [3.8, 4) is 0 Å². The zero-order chi connectivity index (χ0) is 14.3. The van der Waals surface area contributed by atoms with Gasteiger partial charge in [0.15, 0.2) is 5.78 Å². The van der Waals surface area contributed by atoms with E-state index in [0.717, 1.165) is 17.1 Å². The van der Waals surface area contributed by atoms with E-state index in [2.05, 4.69) is 0 Å². The fraction of sp³-hybridized carbons (Fsp3) is 0.467. The molecule has 1 heterocycles. The van der Waals surface area contributed by atoms with Gasteiger partial charge in [-0.05, 0) is 5.56 Å². The normalized spacial score (nSPS) is 27.4. The molecule has 0 bridgehead atoms. The lowest BCUT2D eigenvalue weighted by Crippen LogP contribution is -2.45. The van der Waals surface area contributed by atoms with Gasteiger partial charge < -0.3 is 4.74 Å². The van der Waals surface area contributed by atoms with Crippen LogP contribution in [-0.2, 0) is 13.6 Å². The fourth-order valence-corrected chi connectivity index (χ4v) is 6.72. The summed E-state index contributed by atoms with van der Waals surface area (Å²) in [6, 6.07) is 7.70. The van der Waals surface area contributed by atoms with Gasteiger partial charge in [-0.15, -0.1) is 23.5 Å². The molecule has 0 aromatic heterocycles. The van der Waals surface area contributed by atoms with Gasteiger partial charge in [0, 0.05) is 23.0 Å². The first kappa shape index (κ1) is 14.0. The van der Waals surface area contributed by atoms with Crippen LogP contribution in [0.2, 0.25) is 0 Å². The maximum atomic E-state index is 12.6. The van der Waals surface area contributed by atoms with Gasteiger partial charge >= 0.3 is 5.97 Å². The van der Waals surface area contributed by atoms with Crippen molar-refractivity contribution in [2.45, 2.75) is 11.0 Å². The van der Waals surface area contributed by atoms with E-state index >= 15 is 0 Å². The van der Waals surface area contributed by atoms with Crippen LogP contribution in [0.5, 0.6) is 0 Å². The Morgan fingerprint density at radius 1 is 1.30 bits per heavy atom. The minimum atomic E-state index is -0.687. The van der Waals surface area contributed by atoms with E-state index in [1.807, 2.05) is 54.7 Å². The van der Waals surface area contributed by atoms with Gasteiger partial charge in [-0.3, -0.25) is 9.59 Å². The third kappa shape index (κ3) is 1.83. The topological polar surface area (TPSA) is 43.4 Å². The monoisotopic (exact) mass is 308 g/mol. The standard InChI is InChI=1S/C15H16O3S2/c1-9-12(14(17)18-2)13(16)10-5-3-4-6-11(10)15(9)19-7-8-20-15/h3-6,9,12H,7-8H2,1-2H3. The number of hydrogen-bond donors (Lipinski definition) is 0. The highest BCUT2D eigenvalue weighted by atomic mass is 32.2. The van der Waals surface area contributed by atoms with Crippen molar-refractivity contribution in [2.24, 2.45) is 11.8 Å². The molecule has 1 aromatic carbocycles. The Morgan fingerprint density at radius 3 is 2.60 bits per heavy atom. The van der Waals surface area contributed by atoms with Crippen molar-refractivity contribution in [1.29, 1.82) is 0 Å². The molecule has 0 saturated carbocycles. The zero-order valence-electron chi connectivity index (χ0n) is 11.4. The largest absolute Gasteiger partial charge is 0.468 e. The van der Waals surface area contributed by atoms with E-state index in [0.29, 0.717) is 5.56 Å². The van der Waals surface area contributed by atoms with Crippen LogP contribution in [-0.4, -0.2) is 30.4 Å². The Bertz CT molecular complexity index is 564. The number of carbonyl (C=O) groups excluding carboxylic acids is 2. The number of methoxy groups -OCH3 is 1. The molecule has 1 aliphatic heterocycles. The Balaban J connectivity index is 2.18. The fourth-order valence-electron chi connectivity index (χ4n) is 3.15. The predicted octanol–water partition coefficient (Wildman–Crippen LogP) is 2.94. The van der Waals surface area contributed by atoms with Gasteiger partial charge in [-0.2, -0.15) is 0 Å². The SMILES string of the molecule is COC(=O)C1C(=O)c2ccccc2C2(SCCS2)C1C. The summed E-state index contributed by atoms with van der Waals surface area (Å²) in [5.74, 6) is 0.836. The highest BCUT2D eigenvalue weighted by Crippen LogP contribution is 2.61. The molecule has 2 atom stereocenters. The Kier molecular flexibility index (Phi) is 3.58. The Morgan fingerprint density at radius 2 is 1.95 bits per heavy atom. The van der Waals surface area contributed by atoms with Gasteiger partial charge in [0.1, 0.15) is 5.92 Å². The van der Waals surface area contributed by atoms with Crippen molar-refractivity contribution >= 4 is 35.3 Å². The zero-order valence-corrected chi connectivity index (χ0v) is 13.1. The molecule has 3 rings (SSSR count). The van der Waals surface area contributed by atoms with E-state index in [1.165, 1.54) is 7.11 Å². The van der Waals surface area contributed by atoms with E-state index in [9.17, 15) is 9.59 Å². The molecule has 3 nitrogen and oxygen atoms in total. The van der Waals surface area contributed by atoms with Crippen LogP contribution in [0.1, 0.15) is 22.8 Å². The summed E-state index contributed by atoms with van der Waals surface area (Å²) in [6.07, 6.45) is 0. The Hall–Kier alpha value is -0.940. The first-order valence-electron chi connectivity index (χ1n) is 6.61.